The lowest BCUT2D eigenvalue weighted by molar-refractivity contribution is -0.161. The number of unbranched alkanes of at least 4 members (excludes halogenated alkanes) is 28. The van der Waals surface area contributed by atoms with Crippen LogP contribution in [0.5, 0.6) is 0 Å². The van der Waals surface area contributed by atoms with Crippen LogP contribution in [0.3, 0.4) is 0 Å². The Kier molecular flexibility index (Phi) is 71.4. The first kappa shape index (κ1) is 97.5. The van der Waals surface area contributed by atoms with Gasteiger partial charge in [0, 0.05) is 25.7 Å². The van der Waals surface area contributed by atoms with Crippen molar-refractivity contribution < 1.29 is 80.2 Å². The maximum Gasteiger partial charge on any atom is 0.472 e. The summed E-state index contributed by atoms with van der Waals surface area (Å²) >= 11 is 0. The molecule has 5 atom stereocenters. The largest absolute Gasteiger partial charge is 0.472 e. The highest BCUT2D eigenvalue weighted by atomic mass is 31.2. The van der Waals surface area contributed by atoms with Crippen molar-refractivity contribution in [2.45, 2.75) is 341 Å². The molecule has 0 fully saturated rings. The first-order valence-corrected chi connectivity index (χ1v) is 42.8. The molecule has 0 aromatic carbocycles. The number of carbonyl (C=O) groups excluding carboxylic acids is 4. The summed E-state index contributed by atoms with van der Waals surface area (Å²) in [6, 6.07) is 0. The molecule has 0 saturated carbocycles. The molecule has 0 aromatic heterocycles. The summed E-state index contributed by atoms with van der Waals surface area (Å²) in [5.74, 6) is -2.23. The van der Waals surface area contributed by atoms with E-state index in [1.807, 2.05) is 0 Å². The fourth-order valence-corrected chi connectivity index (χ4v) is 12.0. The molecular weight excluding hydrogens is 1330 g/mol. The normalized spacial score (nSPS) is 14.5. The third kappa shape index (κ3) is 73.8. The van der Waals surface area contributed by atoms with Gasteiger partial charge in [-0.25, -0.2) is 9.13 Å². The van der Waals surface area contributed by atoms with E-state index in [-0.39, 0.29) is 25.7 Å². The third-order valence-corrected chi connectivity index (χ3v) is 18.3. The molecule has 0 radical (unpaired) electrons. The van der Waals surface area contributed by atoms with Gasteiger partial charge in [-0.05, 0) is 128 Å². The SMILES string of the molecule is CC/C=C\C/C=C\C/C=C\C/C=C\C/C=C\CCCCCC(=O)OCC(COP(=O)(O)OCC(O)COP(=O)(O)OCC(COC(=O)CCCCCCCC/C=C\C/C=C\C/C=C\C/C=C\CC)OC(=O)CCCCCCCCCCCCCCC)OC(=O)CCCCCCC/C=C\CCCC. The molecule has 17 nitrogen and oxygen atoms in total. The maximum absolute atomic E-state index is 13.1. The number of allylic oxidation sites excluding steroid dienone is 20. The molecule has 0 saturated heterocycles. The van der Waals surface area contributed by atoms with E-state index in [0.717, 1.165) is 180 Å². The second-order valence-corrected chi connectivity index (χ2v) is 29.2. The van der Waals surface area contributed by atoms with Gasteiger partial charge in [-0.3, -0.25) is 37.3 Å². The van der Waals surface area contributed by atoms with Gasteiger partial charge in [-0.2, -0.15) is 0 Å². The van der Waals surface area contributed by atoms with Crippen LogP contribution in [-0.2, 0) is 65.4 Å². The van der Waals surface area contributed by atoms with E-state index in [9.17, 15) is 43.2 Å². The van der Waals surface area contributed by atoms with Crippen LogP contribution in [0.4, 0.5) is 0 Å². The molecule has 586 valence electrons. The molecular formula is C83H142O17P2. The van der Waals surface area contributed by atoms with E-state index in [4.69, 9.17) is 37.0 Å². The van der Waals surface area contributed by atoms with Crippen molar-refractivity contribution in [2.75, 3.05) is 39.6 Å². The van der Waals surface area contributed by atoms with E-state index in [2.05, 4.69) is 149 Å². The third-order valence-electron chi connectivity index (χ3n) is 16.4. The van der Waals surface area contributed by atoms with Gasteiger partial charge in [-0.15, -0.1) is 0 Å². The van der Waals surface area contributed by atoms with Gasteiger partial charge in [0.1, 0.15) is 19.3 Å². The van der Waals surface area contributed by atoms with E-state index in [1.54, 1.807) is 0 Å². The summed E-state index contributed by atoms with van der Waals surface area (Å²) in [5, 5.41) is 10.6. The predicted molar refractivity (Wildman–Crippen MR) is 418 cm³/mol. The molecule has 19 heteroatoms. The zero-order valence-corrected chi connectivity index (χ0v) is 65.8. The molecule has 0 amide bonds. The summed E-state index contributed by atoms with van der Waals surface area (Å²) in [7, 11) is -9.96. The minimum absolute atomic E-state index is 0.0752. The standard InChI is InChI=1S/C83H142O17P2/c1-5-9-13-17-21-25-29-32-34-36-38-40-42-45-48-51-55-59-63-67-80(85)93-73-78(99-82(87)69-65-61-57-53-47-28-24-20-16-12-8-4)75-97-101(89,90)95-71-77(84)72-96-102(91,92)98-76-79(100-83(88)70-66-62-58-54-50-44-31-27-23-19-15-11-7-3)74-94-81(86)68-64-60-56-52-49-46-43-41-39-37-35-33-30-26-22-18-14-10-6-2/h9-10,13-14,20-22,24-26,32-35,38-41,45,48,77-79,84H,5-8,11-12,15-19,23,27-31,36-37,42-44,46-47,49-76H2,1-4H3,(H,89,90)(H,91,92)/b13-9-,14-10-,24-20-,25-21-,26-22-,34-32-,35-33-,40-38-,41-39-,48-45-. The number of phosphoric ester groups is 2. The molecule has 0 bridgehead atoms. The summed E-state index contributed by atoms with van der Waals surface area (Å²) < 4.78 is 68.5. The van der Waals surface area contributed by atoms with Crippen LogP contribution in [-0.4, -0.2) is 96.7 Å². The van der Waals surface area contributed by atoms with Crippen LogP contribution in [0.25, 0.3) is 0 Å². The second kappa shape index (κ2) is 74.7. The number of aliphatic hydroxyl groups excluding tert-OH is 1. The van der Waals surface area contributed by atoms with Crippen LogP contribution >= 0.6 is 15.6 Å². The Hall–Kier alpha value is -4.54. The van der Waals surface area contributed by atoms with Gasteiger partial charge in [0.15, 0.2) is 12.2 Å². The summed E-state index contributed by atoms with van der Waals surface area (Å²) in [6.45, 7) is 4.57. The lowest BCUT2D eigenvalue weighted by Gasteiger charge is -2.21. The lowest BCUT2D eigenvalue weighted by atomic mass is 10.0. The van der Waals surface area contributed by atoms with Crippen LogP contribution in [0.15, 0.2) is 122 Å². The van der Waals surface area contributed by atoms with E-state index < -0.39 is 97.5 Å². The summed E-state index contributed by atoms with van der Waals surface area (Å²) in [4.78, 5) is 72.9. The number of esters is 4. The van der Waals surface area contributed by atoms with Crippen LogP contribution < -0.4 is 0 Å². The number of carbonyl (C=O) groups is 4. The summed E-state index contributed by atoms with van der Waals surface area (Å²) in [5.41, 5.74) is 0. The highest BCUT2D eigenvalue weighted by molar-refractivity contribution is 7.47. The fraction of sp³-hybridized carbons (Fsp3) is 0.711. The Morgan fingerprint density at radius 3 is 0.833 bits per heavy atom. The van der Waals surface area contributed by atoms with Gasteiger partial charge >= 0.3 is 39.5 Å². The van der Waals surface area contributed by atoms with Crippen molar-refractivity contribution in [3.05, 3.63) is 122 Å². The summed E-state index contributed by atoms with van der Waals surface area (Å²) in [6.07, 6.45) is 81.8. The first-order valence-electron chi connectivity index (χ1n) is 39.8. The Labute approximate surface area is 619 Å². The molecule has 0 spiro atoms. The fourth-order valence-electron chi connectivity index (χ4n) is 10.4. The van der Waals surface area contributed by atoms with Crippen LogP contribution in [0, 0.1) is 0 Å². The van der Waals surface area contributed by atoms with Gasteiger partial charge in [0.05, 0.1) is 26.4 Å². The minimum atomic E-state index is -4.98. The van der Waals surface area contributed by atoms with Gasteiger partial charge < -0.3 is 33.8 Å². The van der Waals surface area contributed by atoms with Gasteiger partial charge in [0.2, 0.25) is 0 Å². The molecule has 0 heterocycles. The van der Waals surface area contributed by atoms with E-state index >= 15 is 0 Å². The number of hydrogen-bond acceptors (Lipinski definition) is 15. The monoisotopic (exact) mass is 1470 g/mol. The number of phosphoric acid groups is 2. The van der Waals surface area contributed by atoms with Crippen LogP contribution in [0.1, 0.15) is 323 Å². The van der Waals surface area contributed by atoms with E-state index in [0.29, 0.717) is 25.7 Å². The van der Waals surface area contributed by atoms with Crippen molar-refractivity contribution in [1.82, 2.24) is 0 Å². The highest BCUT2D eigenvalue weighted by Gasteiger charge is 2.30. The van der Waals surface area contributed by atoms with Crippen molar-refractivity contribution >= 4 is 39.5 Å². The lowest BCUT2D eigenvalue weighted by Crippen LogP contribution is -2.30. The minimum Gasteiger partial charge on any atom is -0.462 e. The Morgan fingerprint density at radius 2 is 0.520 bits per heavy atom. The van der Waals surface area contributed by atoms with Crippen molar-refractivity contribution in [2.24, 2.45) is 0 Å². The number of ether oxygens (including phenoxy) is 4. The Balaban J connectivity index is 5.33. The molecule has 0 rings (SSSR count). The Bertz CT molecular complexity index is 2410. The van der Waals surface area contributed by atoms with Crippen molar-refractivity contribution in [1.29, 1.82) is 0 Å². The maximum atomic E-state index is 13.1. The smallest absolute Gasteiger partial charge is 0.462 e. The zero-order valence-electron chi connectivity index (χ0n) is 64.0. The zero-order chi connectivity index (χ0) is 74.6. The van der Waals surface area contributed by atoms with Crippen LogP contribution in [0.2, 0.25) is 0 Å². The highest BCUT2D eigenvalue weighted by Crippen LogP contribution is 2.45. The number of hydrogen-bond donors (Lipinski definition) is 3. The average molecular weight is 1470 g/mol. The van der Waals surface area contributed by atoms with Crippen molar-refractivity contribution in [3.63, 3.8) is 0 Å². The molecule has 5 unspecified atom stereocenters. The number of rotatable bonds is 74. The van der Waals surface area contributed by atoms with Gasteiger partial charge in [-0.1, -0.05) is 290 Å². The molecule has 0 aliphatic carbocycles. The topological polar surface area (TPSA) is 237 Å². The second-order valence-electron chi connectivity index (χ2n) is 26.2. The number of aliphatic hydroxyl groups is 1. The quantitative estimate of drug-likeness (QED) is 0.0169. The first-order chi connectivity index (χ1) is 49.7. The molecule has 102 heavy (non-hydrogen) atoms. The molecule has 0 aliphatic rings. The Morgan fingerprint density at radius 1 is 0.284 bits per heavy atom. The van der Waals surface area contributed by atoms with Crippen molar-refractivity contribution in [3.8, 4) is 0 Å². The van der Waals surface area contributed by atoms with Gasteiger partial charge in [0.25, 0.3) is 0 Å². The molecule has 3 N–H and O–H groups in total. The molecule has 0 aromatic rings. The molecule has 0 aliphatic heterocycles. The average Bonchev–Trinajstić information content (AvgIpc) is 0.928. The predicted octanol–water partition coefficient (Wildman–Crippen LogP) is 23.1. The van der Waals surface area contributed by atoms with E-state index in [1.165, 1.54) is 64.2 Å².